The van der Waals surface area contributed by atoms with Crippen LogP contribution in [-0.2, 0) is 4.74 Å². The number of phenolic OH excluding ortho intramolecular Hbond substituents is 1. The molecule has 0 aromatic heterocycles. The van der Waals surface area contributed by atoms with E-state index in [1.807, 2.05) is 0 Å². The van der Waals surface area contributed by atoms with Gasteiger partial charge in [-0.05, 0) is 31.0 Å². The summed E-state index contributed by atoms with van der Waals surface area (Å²) in [6, 6.07) is 3.66. The summed E-state index contributed by atoms with van der Waals surface area (Å²) in [5.41, 5.74) is 0.312. The van der Waals surface area contributed by atoms with Crippen LogP contribution < -0.4 is 0 Å². The zero-order valence-electron chi connectivity index (χ0n) is 9.64. The molecule has 0 radical (unpaired) electrons. The van der Waals surface area contributed by atoms with E-state index in [1.165, 1.54) is 12.1 Å². The largest absolute Gasteiger partial charge is 0.505 e. The summed E-state index contributed by atoms with van der Waals surface area (Å²) in [5.74, 6) is -1.25. The molecule has 0 unspecified atom stereocenters. The maximum absolute atomic E-state index is 13.1. The number of hydrogen-bond acceptors (Lipinski definition) is 4. The number of aliphatic hydroxyl groups excluding tert-OH is 2. The molecule has 0 spiro atoms. The molecule has 17 heavy (non-hydrogen) atoms. The molecule has 0 aliphatic rings. The second kappa shape index (κ2) is 6.54. The molecule has 1 rings (SSSR count). The summed E-state index contributed by atoms with van der Waals surface area (Å²) in [6.45, 7) is 2.04. The summed E-state index contributed by atoms with van der Waals surface area (Å²) < 4.78 is 18.4. The average Bonchev–Trinajstić information content (AvgIpc) is 2.31. The van der Waals surface area contributed by atoms with Crippen LogP contribution in [0.25, 0.3) is 0 Å². The van der Waals surface area contributed by atoms with Crippen molar-refractivity contribution < 1.29 is 24.4 Å². The lowest BCUT2D eigenvalue weighted by Gasteiger charge is -2.22. The smallest absolute Gasteiger partial charge is 0.165 e. The fraction of sp³-hybridized carbons (Fsp3) is 0.500. The first-order valence-corrected chi connectivity index (χ1v) is 5.49. The second-order valence-electron chi connectivity index (χ2n) is 3.66. The fourth-order valence-corrected chi connectivity index (χ4v) is 1.60. The Labute approximate surface area is 99.3 Å². The van der Waals surface area contributed by atoms with Gasteiger partial charge in [-0.15, -0.1) is 0 Å². The van der Waals surface area contributed by atoms with E-state index < -0.39 is 23.8 Å². The molecule has 0 fully saturated rings. The molecule has 3 N–H and O–H groups in total. The first-order valence-electron chi connectivity index (χ1n) is 5.49. The molecule has 0 amide bonds. The summed E-state index contributed by atoms with van der Waals surface area (Å²) in [6.07, 6.45) is -1.36. The van der Waals surface area contributed by atoms with E-state index in [0.29, 0.717) is 12.2 Å². The van der Waals surface area contributed by atoms with Crippen molar-refractivity contribution in [2.24, 2.45) is 0 Å². The number of halogens is 1. The molecule has 1 aromatic carbocycles. The zero-order valence-corrected chi connectivity index (χ0v) is 9.64. The normalized spacial score (nSPS) is 14.6. The van der Waals surface area contributed by atoms with Crippen molar-refractivity contribution in [2.75, 3.05) is 13.2 Å². The SMILES string of the molecule is CCO[C@H](CCO)[C@H](O)c1ccc(O)c(F)c1. The third-order valence-corrected chi connectivity index (χ3v) is 2.46. The van der Waals surface area contributed by atoms with Gasteiger partial charge in [-0.3, -0.25) is 0 Å². The van der Waals surface area contributed by atoms with Crippen LogP contribution >= 0.6 is 0 Å². The van der Waals surface area contributed by atoms with Gasteiger partial charge in [-0.1, -0.05) is 6.07 Å². The first-order chi connectivity index (χ1) is 8.10. The molecule has 2 atom stereocenters. The number of benzene rings is 1. The molecule has 4 nitrogen and oxygen atoms in total. The minimum absolute atomic E-state index is 0.123. The van der Waals surface area contributed by atoms with Crippen molar-refractivity contribution in [1.29, 1.82) is 0 Å². The third kappa shape index (κ3) is 3.66. The molecule has 0 aliphatic carbocycles. The fourth-order valence-electron chi connectivity index (χ4n) is 1.60. The van der Waals surface area contributed by atoms with Gasteiger partial charge in [0.1, 0.15) is 6.10 Å². The highest BCUT2D eigenvalue weighted by Crippen LogP contribution is 2.25. The standard InChI is InChI=1S/C12H17FO4/c1-2-17-11(5-6-14)12(16)8-3-4-10(15)9(13)7-8/h3-4,7,11-12,14-16H,2,5-6H2,1H3/t11-,12-/m1/s1. The van der Waals surface area contributed by atoms with Gasteiger partial charge in [0, 0.05) is 13.2 Å². The van der Waals surface area contributed by atoms with Gasteiger partial charge >= 0.3 is 0 Å². The van der Waals surface area contributed by atoms with Crippen molar-refractivity contribution in [3.8, 4) is 5.75 Å². The van der Waals surface area contributed by atoms with Crippen molar-refractivity contribution >= 4 is 0 Å². The van der Waals surface area contributed by atoms with Gasteiger partial charge in [0.15, 0.2) is 11.6 Å². The Morgan fingerprint density at radius 1 is 1.41 bits per heavy atom. The Kier molecular flexibility index (Phi) is 5.34. The van der Waals surface area contributed by atoms with Crippen LogP contribution in [0.3, 0.4) is 0 Å². The van der Waals surface area contributed by atoms with E-state index in [2.05, 4.69) is 0 Å². The van der Waals surface area contributed by atoms with Gasteiger partial charge in [-0.25, -0.2) is 4.39 Å². The molecule has 1 aromatic rings. The molecule has 0 saturated carbocycles. The number of phenols is 1. The summed E-state index contributed by atoms with van der Waals surface area (Å²) in [4.78, 5) is 0. The van der Waals surface area contributed by atoms with Crippen molar-refractivity contribution in [1.82, 2.24) is 0 Å². The van der Waals surface area contributed by atoms with E-state index in [1.54, 1.807) is 6.92 Å². The van der Waals surface area contributed by atoms with Crippen LogP contribution in [0, 0.1) is 5.82 Å². The van der Waals surface area contributed by atoms with Gasteiger partial charge in [0.2, 0.25) is 0 Å². The summed E-state index contributed by atoms with van der Waals surface area (Å²) in [7, 11) is 0. The predicted octanol–water partition coefficient (Wildman–Crippen LogP) is 1.35. The highest BCUT2D eigenvalue weighted by atomic mass is 19.1. The monoisotopic (exact) mass is 244 g/mol. The number of ether oxygens (including phenoxy) is 1. The van der Waals surface area contributed by atoms with Gasteiger partial charge in [0.25, 0.3) is 0 Å². The molecular weight excluding hydrogens is 227 g/mol. The number of aromatic hydroxyl groups is 1. The van der Waals surface area contributed by atoms with E-state index in [0.717, 1.165) is 6.07 Å². The summed E-state index contributed by atoms with van der Waals surface area (Å²) in [5, 5.41) is 27.9. The Balaban J connectivity index is 2.84. The number of rotatable bonds is 6. The summed E-state index contributed by atoms with van der Waals surface area (Å²) >= 11 is 0. The number of aliphatic hydroxyl groups is 2. The quantitative estimate of drug-likeness (QED) is 0.706. The maximum Gasteiger partial charge on any atom is 0.165 e. The molecule has 0 saturated heterocycles. The van der Waals surface area contributed by atoms with Crippen molar-refractivity contribution in [3.05, 3.63) is 29.6 Å². The highest BCUT2D eigenvalue weighted by Gasteiger charge is 2.21. The molecule has 96 valence electrons. The van der Waals surface area contributed by atoms with E-state index in [4.69, 9.17) is 14.9 Å². The minimum atomic E-state index is -1.03. The zero-order chi connectivity index (χ0) is 12.8. The molecular formula is C12H17FO4. The lowest BCUT2D eigenvalue weighted by Crippen LogP contribution is -2.23. The van der Waals surface area contributed by atoms with Crippen LogP contribution in [0.4, 0.5) is 4.39 Å². The van der Waals surface area contributed by atoms with E-state index in [9.17, 15) is 9.50 Å². The molecule has 5 heteroatoms. The van der Waals surface area contributed by atoms with Crippen molar-refractivity contribution in [2.45, 2.75) is 25.6 Å². The van der Waals surface area contributed by atoms with E-state index >= 15 is 0 Å². The molecule has 0 heterocycles. The van der Waals surface area contributed by atoms with Gasteiger partial charge in [-0.2, -0.15) is 0 Å². The van der Waals surface area contributed by atoms with Crippen LogP contribution in [-0.4, -0.2) is 34.6 Å². The molecule has 0 bridgehead atoms. The Morgan fingerprint density at radius 2 is 2.12 bits per heavy atom. The van der Waals surface area contributed by atoms with Crippen LogP contribution in [0.5, 0.6) is 5.75 Å². The average molecular weight is 244 g/mol. The van der Waals surface area contributed by atoms with Crippen LogP contribution in [0.1, 0.15) is 25.0 Å². The highest BCUT2D eigenvalue weighted by molar-refractivity contribution is 5.29. The van der Waals surface area contributed by atoms with Crippen LogP contribution in [0.2, 0.25) is 0 Å². The minimum Gasteiger partial charge on any atom is -0.505 e. The lowest BCUT2D eigenvalue weighted by molar-refractivity contribution is -0.0449. The Hall–Kier alpha value is -1.17. The predicted molar refractivity (Wildman–Crippen MR) is 60.1 cm³/mol. The van der Waals surface area contributed by atoms with Gasteiger partial charge < -0.3 is 20.1 Å². The Bertz CT molecular complexity index is 350. The van der Waals surface area contributed by atoms with Gasteiger partial charge in [0.05, 0.1) is 6.10 Å². The van der Waals surface area contributed by atoms with Crippen LogP contribution in [0.15, 0.2) is 18.2 Å². The Morgan fingerprint density at radius 3 is 2.65 bits per heavy atom. The maximum atomic E-state index is 13.1. The first kappa shape index (κ1) is 13.9. The second-order valence-corrected chi connectivity index (χ2v) is 3.66. The molecule has 0 aliphatic heterocycles. The topological polar surface area (TPSA) is 69.9 Å². The van der Waals surface area contributed by atoms with E-state index in [-0.39, 0.29) is 13.0 Å². The third-order valence-electron chi connectivity index (χ3n) is 2.46. The number of hydrogen-bond donors (Lipinski definition) is 3. The lowest BCUT2D eigenvalue weighted by atomic mass is 10.0. The van der Waals surface area contributed by atoms with Crippen molar-refractivity contribution in [3.63, 3.8) is 0 Å².